The van der Waals surface area contributed by atoms with Crippen LogP contribution in [-0.2, 0) is 22.6 Å². The molecule has 11 nitrogen and oxygen atoms in total. The molecule has 0 spiro atoms. The number of carbonyl (C=O) groups excluding carboxylic acids is 2. The van der Waals surface area contributed by atoms with Crippen molar-refractivity contribution >= 4 is 17.5 Å². The highest BCUT2D eigenvalue weighted by Gasteiger charge is 2.30. The number of benzene rings is 2. The molecule has 0 fully saturated rings. The van der Waals surface area contributed by atoms with Crippen LogP contribution in [0.25, 0.3) is 22.5 Å². The number of hydrogen-bond acceptors (Lipinski definition) is 8. The van der Waals surface area contributed by atoms with Crippen molar-refractivity contribution < 1.29 is 23.8 Å². The predicted octanol–water partition coefficient (Wildman–Crippen LogP) is 5.37. The molecule has 1 heterocycles. The molecule has 1 aliphatic rings. The van der Waals surface area contributed by atoms with Gasteiger partial charge >= 0.3 is 0 Å². The third-order valence-corrected chi connectivity index (χ3v) is 9.12. The number of nitrogens with one attached hydrogen (secondary N) is 3. The molecule has 258 valence electrons. The summed E-state index contributed by atoms with van der Waals surface area (Å²) in [6.07, 6.45) is 5.49. The second kappa shape index (κ2) is 15.7. The number of rotatable bonds is 13. The molecule has 0 bridgehead atoms. The first-order chi connectivity index (χ1) is 23.7. The van der Waals surface area contributed by atoms with Crippen molar-refractivity contribution in [3.05, 3.63) is 88.3 Å². The van der Waals surface area contributed by atoms with Gasteiger partial charge in [0, 0.05) is 43.5 Å². The van der Waals surface area contributed by atoms with E-state index in [0.717, 1.165) is 22.5 Å². The van der Waals surface area contributed by atoms with Gasteiger partial charge in [-0.15, -0.1) is 0 Å². The summed E-state index contributed by atoms with van der Waals surface area (Å²) in [7, 11) is 4.68. The minimum absolute atomic E-state index is 0.0828. The predicted molar refractivity (Wildman–Crippen MR) is 190 cm³/mol. The highest BCUT2D eigenvalue weighted by Crippen LogP contribution is 2.50. The summed E-state index contributed by atoms with van der Waals surface area (Å²) < 4.78 is 19.2. The van der Waals surface area contributed by atoms with Crippen LogP contribution in [0.4, 0.5) is 5.69 Å². The SMILES string of the molecule is CCC(C)C(Nc1ccc2c(cc1=O)C(NC(C)=O)CCc1cc(OC)c(OC)c(OC)c1-2)C(=O)NCCn1ccnc1-c1ccccc1. The molecule has 49 heavy (non-hydrogen) atoms. The quantitative estimate of drug-likeness (QED) is 0.173. The smallest absolute Gasteiger partial charge is 0.242 e. The van der Waals surface area contributed by atoms with Crippen molar-refractivity contribution in [3.8, 4) is 39.8 Å². The highest BCUT2D eigenvalue weighted by molar-refractivity contribution is 5.86. The van der Waals surface area contributed by atoms with Crippen molar-refractivity contribution in [2.45, 2.75) is 58.7 Å². The van der Waals surface area contributed by atoms with Crippen LogP contribution in [0.5, 0.6) is 17.2 Å². The number of ether oxygens (including phenoxy) is 3. The van der Waals surface area contributed by atoms with E-state index in [4.69, 9.17) is 14.2 Å². The van der Waals surface area contributed by atoms with Gasteiger partial charge < -0.3 is 34.7 Å². The zero-order valence-corrected chi connectivity index (χ0v) is 29.0. The van der Waals surface area contributed by atoms with E-state index in [1.54, 1.807) is 39.7 Å². The second-order valence-electron chi connectivity index (χ2n) is 12.2. The fourth-order valence-electron chi connectivity index (χ4n) is 6.44. The molecule has 1 aliphatic carbocycles. The van der Waals surface area contributed by atoms with Crippen molar-refractivity contribution in [1.82, 2.24) is 20.2 Å². The Morgan fingerprint density at radius 3 is 2.45 bits per heavy atom. The van der Waals surface area contributed by atoms with E-state index in [0.29, 0.717) is 60.7 Å². The topological polar surface area (TPSA) is 133 Å². The Kier molecular flexibility index (Phi) is 11.2. The number of anilines is 1. The molecule has 0 saturated carbocycles. The van der Waals surface area contributed by atoms with Gasteiger partial charge in [-0.2, -0.15) is 0 Å². The van der Waals surface area contributed by atoms with Gasteiger partial charge in [0.15, 0.2) is 11.5 Å². The van der Waals surface area contributed by atoms with Crippen LogP contribution in [0.2, 0.25) is 0 Å². The molecule has 0 radical (unpaired) electrons. The zero-order chi connectivity index (χ0) is 35.1. The van der Waals surface area contributed by atoms with E-state index < -0.39 is 12.1 Å². The van der Waals surface area contributed by atoms with E-state index in [2.05, 4.69) is 20.9 Å². The summed E-state index contributed by atoms with van der Waals surface area (Å²) in [5.74, 6) is 1.76. The number of carbonyl (C=O) groups is 2. The fourth-order valence-corrected chi connectivity index (χ4v) is 6.44. The summed E-state index contributed by atoms with van der Waals surface area (Å²) in [4.78, 5) is 44.4. The minimum atomic E-state index is -0.673. The normalized spacial score (nSPS) is 14.7. The van der Waals surface area contributed by atoms with Gasteiger partial charge in [0.05, 0.1) is 33.1 Å². The Morgan fingerprint density at radius 1 is 1.02 bits per heavy atom. The number of aryl methyl sites for hydroxylation is 1. The molecular weight excluding hydrogens is 622 g/mol. The zero-order valence-electron chi connectivity index (χ0n) is 29.0. The first-order valence-electron chi connectivity index (χ1n) is 16.6. The largest absolute Gasteiger partial charge is 0.493 e. The van der Waals surface area contributed by atoms with Crippen LogP contribution < -0.4 is 35.6 Å². The Labute approximate surface area is 287 Å². The summed E-state index contributed by atoms with van der Waals surface area (Å²) >= 11 is 0. The van der Waals surface area contributed by atoms with Gasteiger partial charge in [-0.1, -0.05) is 56.7 Å². The standard InChI is InChI=1S/C38H45N5O6/c1-7-23(2)34(38(46)40-18-20-43-19-17-39-37(43)25-11-9-8-10-12-25)42-30-16-14-27-28(22-31(30)45)29(41-24(3)44)15-13-26-21-32(47-4)35(48-5)36(49-6)33(26)27/h8-12,14,16-17,19,21-23,29,34H,7,13,15,18,20H2,1-6H3,(H,40,46)(H,41,44)(H,42,45). The van der Waals surface area contributed by atoms with Crippen LogP contribution in [0, 0.1) is 5.92 Å². The van der Waals surface area contributed by atoms with Crippen LogP contribution >= 0.6 is 0 Å². The molecule has 0 aliphatic heterocycles. The Morgan fingerprint density at radius 2 is 1.78 bits per heavy atom. The van der Waals surface area contributed by atoms with Gasteiger partial charge in [-0.25, -0.2) is 4.98 Å². The Hall–Kier alpha value is -5.32. The molecule has 4 aromatic rings. The molecule has 3 unspecified atom stereocenters. The maximum Gasteiger partial charge on any atom is 0.242 e. The Balaban J connectivity index is 1.48. The lowest BCUT2D eigenvalue weighted by Gasteiger charge is -2.24. The second-order valence-corrected chi connectivity index (χ2v) is 12.2. The molecule has 1 aromatic heterocycles. The van der Waals surface area contributed by atoms with Crippen LogP contribution in [0.1, 0.15) is 50.8 Å². The molecule has 3 atom stereocenters. The number of aromatic nitrogens is 2. The van der Waals surface area contributed by atoms with Gasteiger partial charge in [-0.05, 0) is 53.6 Å². The number of methoxy groups -OCH3 is 3. The lowest BCUT2D eigenvalue weighted by molar-refractivity contribution is -0.123. The van der Waals surface area contributed by atoms with E-state index >= 15 is 0 Å². The molecule has 3 aromatic carbocycles. The van der Waals surface area contributed by atoms with Gasteiger partial charge in [0.2, 0.25) is 23.0 Å². The van der Waals surface area contributed by atoms with Crippen molar-refractivity contribution in [2.75, 3.05) is 33.2 Å². The number of imidazole rings is 1. The van der Waals surface area contributed by atoms with E-state index in [-0.39, 0.29) is 28.8 Å². The average Bonchev–Trinajstić information content (AvgIpc) is 3.46. The van der Waals surface area contributed by atoms with E-state index in [9.17, 15) is 14.4 Å². The number of fused-ring (bicyclic) bond motifs is 3. The summed E-state index contributed by atoms with van der Waals surface area (Å²) in [5, 5.41) is 9.37. The van der Waals surface area contributed by atoms with Crippen LogP contribution in [-0.4, -0.2) is 55.3 Å². The summed E-state index contributed by atoms with van der Waals surface area (Å²) in [6.45, 7) is 6.37. The lowest BCUT2D eigenvalue weighted by Crippen LogP contribution is -2.45. The molecule has 0 saturated heterocycles. The maximum atomic E-state index is 13.9. The van der Waals surface area contributed by atoms with E-state index in [1.807, 2.05) is 67.1 Å². The Bertz CT molecular complexity index is 1860. The molecule has 5 rings (SSSR count). The average molecular weight is 668 g/mol. The lowest BCUT2D eigenvalue weighted by atomic mass is 9.95. The molecule has 3 N–H and O–H groups in total. The van der Waals surface area contributed by atoms with Gasteiger partial charge in [-0.3, -0.25) is 14.4 Å². The third-order valence-electron chi connectivity index (χ3n) is 9.12. The van der Waals surface area contributed by atoms with Gasteiger partial charge in [0.25, 0.3) is 0 Å². The van der Waals surface area contributed by atoms with Gasteiger partial charge in [0.1, 0.15) is 11.9 Å². The highest BCUT2D eigenvalue weighted by atomic mass is 16.5. The fraction of sp³-hybridized carbons (Fsp3) is 0.368. The first-order valence-corrected chi connectivity index (χ1v) is 16.6. The van der Waals surface area contributed by atoms with Crippen molar-refractivity contribution in [1.29, 1.82) is 0 Å². The molecular formula is C38H45N5O6. The molecule has 11 heteroatoms. The summed E-state index contributed by atoms with van der Waals surface area (Å²) in [5.41, 5.74) is 4.03. The van der Waals surface area contributed by atoms with Crippen LogP contribution in [0.15, 0.2) is 71.8 Å². The van der Waals surface area contributed by atoms with Crippen LogP contribution in [0.3, 0.4) is 0 Å². The molecule has 2 amide bonds. The maximum absolute atomic E-state index is 13.9. The van der Waals surface area contributed by atoms with Crippen molar-refractivity contribution in [3.63, 3.8) is 0 Å². The minimum Gasteiger partial charge on any atom is -0.493 e. The van der Waals surface area contributed by atoms with E-state index in [1.165, 1.54) is 6.92 Å². The number of nitrogens with zero attached hydrogens (tertiary/aromatic N) is 2. The number of hydrogen-bond donors (Lipinski definition) is 3. The monoisotopic (exact) mass is 667 g/mol. The first kappa shape index (κ1) is 35.0. The third kappa shape index (κ3) is 7.56. The van der Waals surface area contributed by atoms with Crippen molar-refractivity contribution in [2.24, 2.45) is 5.92 Å². The summed E-state index contributed by atoms with van der Waals surface area (Å²) in [6, 6.07) is 15.8. The number of amides is 2.